The van der Waals surface area contributed by atoms with Gasteiger partial charge in [-0.1, -0.05) is 73.3 Å². The number of fused-ring (bicyclic) bond motifs is 1. The quantitative estimate of drug-likeness (QED) is 0.0798. The molecule has 0 bridgehead atoms. The van der Waals surface area contributed by atoms with E-state index in [0.29, 0.717) is 33.6 Å². The molecule has 0 aliphatic carbocycles. The minimum atomic E-state index is -0.891. The van der Waals surface area contributed by atoms with E-state index in [1.54, 1.807) is 24.3 Å². The van der Waals surface area contributed by atoms with Crippen molar-refractivity contribution in [2.75, 3.05) is 4.90 Å². The van der Waals surface area contributed by atoms with E-state index in [2.05, 4.69) is 24.0 Å². The third kappa shape index (κ3) is 5.32. The second kappa shape index (κ2) is 11.3. The van der Waals surface area contributed by atoms with Gasteiger partial charge in [0.15, 0.2) is 4.34 Å². The first-order valence-corrected chi connectivity index (χ1v) is 15.4. The highest BCUT2D eigenvalue weighted by Gasteiger charge is 2.48. The summed E-state index contributed by atoms with van der Waals surface area (Å²) in [6, 6.07) is 18.3. The number of hydrogen-bond acceptors (Lipinski definition) is 8. The lowest BCUT2D eigenvalue weighted by molar-refractivity contribution is -0.132. The van der Waals surface area contributed by atoms with E-state index in [9.17, 15) is 19.1 Å². The monoisotopic (exact) mass is 601 g/mol. The molecule has 4 aromatic rings. The predicted molar refractivity (Wildman–Crippen MR) is 161 cm³/mol. The fourth-order valence-electron chi connectivity index (χ4n) is 5.22. The van der Waals surface area contributed by atoms with E-state index in [4.69, 9.17) is 4.74 Å². The number of ketones is 1. The number of Topliss-reactive ketones (excluding diaryl/α,β-unsaturated/α-hetero) is 1. The van der Waals surface area contributed by atoms with Gasteiger partial charge in [0.1, 0.15) is 23.4 Å². The molecule has 3 heterocycles. The van der Waals surface area contributed by atoms with Crippen LogP contribution in [0.2, 0.25) is 0 Å². The van der Waals surface area contributed by atoms with E-state index in [1.165, 1.54) is 40.1 Å². The summed E-state index contributed by atoms with van der Waals surface area (Å²) in [6.45, 7) is 6.15. The Balaban J connectivity index is 1.39. The zero-order valence-corrected chi connectivity index (χ0v) is 24.8. The molecule has 7 nitrogen and oxygen atoms in total. The van der Waals surface area contributed by atoms with Crippen molar-refractivity contribution in [1.82, 2.24) is 10.2 Å². The number of thioether (sulfide) groups is 1. The first kappa shape index (κ1) is 28.1. The van der Waals surface area contributed by atoms with Crippen molar-refractivity contribution in [2.24, 2.45) is 0 Å². The molecule has 1 aromatic heterocycles. The largest absolute Gasteiger partial charge is 0.507 e. The molecule has 2 atom stereocenters. The molecule has 10 heteroatoms. The summed E-state index contributed by atoms with van der Waals surface area (Å²) in [7, 11) is 0. The summed E-state index contributed by atoms with van der Waals surface area (Å²) in [5.74, 6) is -0.530. The maximum atomic E-state index is 13.6. The number of carbonyl (C=O) groups excluding carboxylic acids is 2. The van der Waals surface area contributed by atoms with Gasteiger partial charge in [-0.3, -0.25) is 14.5 Å². The second-order valence-corrected chi connectivity index (χ2v) is 12.9. The van der Waals surface area contributed by atoms with Gasteiger partial charge in [-0.05, 0) is 65.4 Å². The Bertz CT molecular complexity index is 1700. The van der Waals surface area contributed by atoms with Gasteiger partial charge in [0.25, 0.3) is 5.78 Å². The van der Waals surface area contributed by atoms with Crippen LogP contribution in [0.25, 0.3) is 5.76 Å². The van der Waals surface area contributed by atoms with Crippen LogP contribution in [-0.4, -0.2) is 33.1 Å². The van der Waals surface area contributed by atoms with E-state index >= 15 is 0 Å². The number of aliphatic hydroxyl groups excluding tert-OH is 1. The van der Waals surface area contributed by atoms with Crippen LogP contribution in [0.5, 0.6) is 5.75 Å². The fraction of sp³-hybridized carbons (Fsp3) is 0.250. The van der Waals surface area contributed by atoms with E-state index in [0.717, 1.165) is 22.4 Å². The van der Waals surface area contributed by atoms with Gasteiger partial charge in [-0.25, -0.2) is 4.39 Å². The molecule has 1 N–H and O–H groups in total. The molecule has 0 unspecified atom stereocenters. The SMILES string of the molecule is CC(C)c1ccc([C@@H]2C(=C(O)c3ccc4c(c3)C[C@@H](C)O4)C(=O)C(=O)N2c2nnc(SCc3ccc(F)cc3)s2)cc1. The van der Waals surface area contributed by atoms with E-state index in [1.807, 2.05) is 37.3 Å². The first-order chi connectivity index (χ1) is 20.2. The molecule has 1 saturated heterocycles. The van der Waals surface area contributed by atoms with Crippen molar-refractivity contribution in [2.45, 2.75) is 55.3 Å². The van der Waals surface area contributed by atoms with Crippen LogP contribution < -0.4 is 9.64 Å². The smallest absolute Gasteiger partial charge is 0.301 e. The van der Waals surface area contributed by atoms with Crippen LogP contribution >= 0.6 is 23.1 Å². The van der Waals surface area contributed by atoms with Crippen LogP contribution in [-0.2, 0) is 21.8 Å². The number of aromatic nitrogens is 2. The van der Waals surface area contributed by atoms with Crippen molar-refractivity contribution in [3.8, 4) is 5.75 Å². The average Bonchev–Trinajstić information content (AvgIpc) is 3.67. The Labute approximate surface area is 251 Å². The number of anilines is 1. The molecular formula is C32H28FN3O4S2. The fourth-order valence-corrected chi connectivity index (χ4v) is 7.04. The molecule has 42 heavy (non-hydrogen) atoms. The number of carbonyl (C=O) groups is 2. The number of nitrogens with zero attached hydrogens (tertiary/aromatic N) is 3. The topological polar surface area (TPSA) is 92.6 Å². The zero-order chi connectivity index (χ0) is 29.5. The molecule has 3 aromatic carbocycles. The maximum Gasteiger partial charge on any atom is 0.301 e. The number of halogens is 1. The van der Waals surface area contributed by atoms with Gasteiger partial charge in [-0.15, -0.1) is 10.2 Å². The van der Waals surface area contributed by atoms with E-state index in [-0.39, 0.29) is 28.4 Å². The molecular weight excluding hydrogens is 574 g/mol. The summed E-state index contributed by atoms with van der Waals surface area (Å²) in [4.78, 5) is 28.5. The molecule has 2 aliphatic rings. The molecule has 6 rings (SSSR count). The number of amides is 1. The minimum Gasteiger partial charge on any atom is -0.507 e. The molecule has 0 spiro atoms. The Hall–Kier alpha value is -4.02. The van der Waals surface area contributed by atoms with Crippen molar-refractivity contribution in [3.05, 3.63) is 106 Å². The summed E-state index contributed by atoms with van der Waals surface area (Å²) in [6.07, 6.45) is 0.712. The highest BCUT2D eigenvalue weighted by atomic mass is 32.2. The average molecular weight is 602 g/mol. The summed E-state index contributed by atoms with van der Waals surface area (Å²) < 4.78 is 19.7. The molecule has 0 saturated carbocycles. The van der Waals surface area contributed by atoms with Crippen molar-refractivity contribution >= 4 is 45.7 Å². The van der Waals surface area contributed by atoms with Crippen molar-refractivity contribution in [3.63, 3.8) is 0 Å². The lowest BCUT2D eigenvalue weighted by Gasteiger charge is -2.23. The van der Waals surface area contributed by atoms with Crippen LogP contribution in [0, 0.1) is 5.82 Å². The Morgan fingerprint density at radius 2 is 1.83 bits per heavy atom. The lowest BCUT2D eigenvalue weighted by atomic mass is 9.93. The van der Waals surface area contributed by atoms with Crippen LogP contribution in [0.15, 0.2) is 76.6 Å². The number of aliphatic hydroxyl groups is 1. The van der Waals surface area contributed by atoms with Gasteiger partial charge in [0, 0.05) is 17.7 Å². The molecule has 2 aliphatic heterocycles. The molecule has 1 amide bonds. The molecule has 1 fully saturated rings. The van der Waals surface area contributed by atoms with Crippen LogP contribution in [0.3, 0.4) is 0 Å². The Morgan fingerprint density at radius 1 is 1.10 bits per heavy atom. The number of rotatable bonds is 7. The predicted octanol–water partition coefficient (Wildman–Crippen LogP) is 7.04. The minimum absolute atomic E-state index is 0.0000686. The number of ether oxygens (including phenoxy) is 1. The molecule has 0 radical (unpaired) electrons. The second-order valence-electron chi connectivity index (χ2n) is 10.7. The van der Waals surface area contributed by atoms with Gasteiger partial charge < -0.3 is 9.84 Å². The standard InChI is InChI=1S/C32H28FN3O4S2/c1-17(2)20-6-8-21(9-7-20)27-26(28(37)22-10-13-25-23(15-22)14-18(3)40-25)29(38)30(39)36(27)31-34-35-32(42-31)41-16-19-4-11-24(33)12-5-19/h4-13,15,17-18,27,37H,14,16H2,1-3H3/t18-,27-/m1/s1. The number of benzene rings is 3. The van der Waals surface area contributed by atoms with Crippen molar-refractivity contribution in [1.29, 1.82) is 0 Å². The van der Waals surface area contributed by atoms with Gasteiger partial charge in [0.2, 0.25) is 5.13 Å². The van der Waals surface area contributed by atoms with Gasteiger partial charge >= 0.3 is 5.91 Å². The van der Waals surface area contributed by atoms with Crippen molar-refractivity contribution < 1.29 is 23.8 Å². The third-order valence-electron chi connectivity index (χ3n) is 7.41. The summed E-state index contributed by atoms with van der Waals surface area (Å²) in [5.41, 5.74) is 4.08. The highest BCUT2D eigenvalue weighted by molar-refractivity contribution is 8.00. The lowest BCUT2D eigenvalue weighted by Crippen LogP contribution is -2.29. The van der Waals surface area contributed by atoms with E-state index < -0.39 is 17.7 Å². The van der Waals surface area contributed by atoms with Gasteiger partial charge in [0.05, 0.1) is 11.6 Å². The Kier molecular flexibility index (Phi) is 7.59. The van der Waals surface area contributed by atoms with Crippen LogP contribution in [0.1, 0.15) is 60.5 Å². The number of hydrogen-bond donors (Lipinski definition) is 1. The third-order valence-corrected chi connectivity index (χ3v) is 9.54. The highest BCUT2D eigenvalue weighted by Crippen LogP contribution is 2.45. The zero-order valence-electron chi connectivity index (χ0n) is 23.2. The van der Waals surface area contributed by atoms with Gasteiger partial charge in [-0.2, -0.15) is 0 Å². The summed E-state index contributed by atoms with van der Waals surface area (Å²) in [5, 5.41) is 20.3. The normalized spacial score (nSPS) is 19.4. The summed E-state index contributed by atoms with van der Waals surface area (Å²) >= 11 is 2.59. The molecule has 214 valence electrons. The first-order valence-electron chi connectivity index (χ1n) is 13.6. The Morgan fingerprint density at radius 3 is 2.55 bits per heavy atom. The van der Waals surface area contributed by atoms with Crippen LogP contribution in [0.4, 0.5) is 9.52 Å². The maximum absolute atomic E-state index is 13.6.